The lowest BCUT2D eigenvalue weighted by Crippen LogP contribution is -2.20. The van der Waals surface area contributed by atoms with Gasteiger partial charge in [0.15, 0.2) is 11.5 Å². The largest absolute Gasteiger partial charge is 0.493 e. The predicted octanol–water partition coefficient (Wildman–Crippen LogP) is 5.14. The highest BCUT2D eigenvalue weighted by Gasteiger charge is 2.21. The van der Waals surface area contributed by atoms with Crippen molar-refractivity contribution in [3.05, 3.63) is 52.5 Å². The van der Waals surface area contributed by atoms with Gasteiger partial charge in [0, 0.05) is 18.2 Å². The molecular weight excluding hydrogens is 350 g/mol. The van der Waals surface area contributed by atoms with E-state index in [1.54, 1.807) is 7.11 Å². The summed E-state index contributed by atoms with van der Waals surface area (Å²) in [5.41, 5.74) is 2.27. The van der Waals surface area contributed by atoms with Crippen LogP contribution in [0.5, 0.6) is 17.2 Å². The summed E-state index contributed by atoms with van der Waals surface area (Å²) < 4.78 is 17.1. The molecule has 0 bridgehead atoms. The van der Waals surface area contributed by atoms with Gasteiger partial charge in [-0.15, -0.1) is 0 Å². The van der Waals surface area contributed by atoms with E-state index >= 15 is 0 Å². The average Bonchev–Trinajstić information content (AvgIpc) is 2.83. The minimum atomic E-state index is 0.111. The van der Waals surface area contributed by atoms with E-state index in [0.29, 0.717) is 11.6 Å². The first-order chi connectivity index (χ1) is 12.6. The molecule has 5 heteroatoms. The first-order valence-electron chi connectivity index (χ1n) is 9.06. The molecule has 0 aromatic heterocycles. The Bertz CT molecular complexity index is 748. The lowest BCUT2D eigenvalue weighted by molar-refractivity contribution is 0.230. The standard InChI is InChI=1S/C21H26ClNO3/c1-14(2)26-19-10-9-15(12-20(19)24-3)13-23-18-8-5-11-25-21-16(18)6-4-7-17(21)22/h4,6-7,9-10,12,14,18,23H,5,8,11,13H2,1-3H3. The Morgan fingerprint density at radius 1 is 1.23 bits per heavy atom. The maximum Gasteiger partial charge on any atom is 0.161 e. The number of hydrogen-bond acceptors (Lipinski definition) is 4. The first kappa shape index (κ1) is 18.9. The molecule has 1 aliphatic heterocycles. The van der Waals surface area contributed by atoms with E-state index in [1.165, 1.54) is 0 Å². The van der Waals surface area contributed by atoms with Crippen molar-refractivity contribution in [2.45, 2.75) is 45.4 Å². The quantitative estimate of drug-likeness (QED) is 0.758. The third-order valence-electron chi connectivity index (χ3n) is 4.40. The lowest BCUT2D eigenvalue weighted by Gasteiger charge is -2.20. The molecule has 140 valence electrons. The Morgan fingerprint density at radius 3 is 2.85 bits per heavy atom. The van der Waals surface area contributed by atoms with Crippen LogP contribution in [0.4, 0.5) is 0 Å². The highest BCUT2D eigenvalue weighted by Crippen LogP contribution is 2.37. The van der Waals surface area contributed by atoms with Gasteiger partial charge in [-0.3, -0.25) is 0 Å². The molecule has 4 nitrogen and oxygen atoms in total. The molecule has 26 heavy (non-hydrogen) atoms. The van der Waals surface area contributed by atoms with Crippen LogP contribution in [0.15, 0.2) is 36.4 Å². The topological polar surface area (TPSA) is 39.7 Å². The van der Waals surface area contributed by atoms with Crippen LogP contribution in [0.1, 0.15) is 43.9 Å². The second kappa shape index (κ2) is 8.65. The second-order valence-electron chi connectivity index (χ2n) is 6.73. The smallest absolute Gasteiger partial charge is 0.161 e. The predicted molar refractivity (Wildman–Crippen MR) is 105 cm³/mol. The molecule has 1 heterocycles. The highest BCUT2D eigenvalue weighted by atomic mass is 35.5. The Hall–Kier alpha value is -1.91. The number of para-hydroxylation sites is 1. The zero-order valence-corrected chi connectivity index (χ0v) is 16.3. The second-order valence-corrected chi connectivity index (χ2v) is 7.14. The van der Waals surface area contributed by atoms with Crippen LogP contribution in [-0.2, 0) is 6.54 Å². The van der Waals surface area contributed by atoms with Gasteiger partial charge >= 0.3 is 0 Å². The summed E-state index contributed by atoms with van der Waals surface area (Å²) >= 11 is 6.31. The van der Waals surface area contributed by atoms with E-state index in [9.17, 15) is 0 Å². The molecule has 3 rings (SSSR count). The summed E-state index contributed by atoms with van der Waals surface area (Å²) in [6.45, 7) is 5.44. The van der Waals surface area contributed by atoms with Gasteiger partial charge in [-0.1, -0.05) is 29.8 Å². The lowest BCUT2D eigenvalue weighted by atomic mass is 10.0. The van der Waals surface area contributed by atoms with E-state index in [1.807, 2.05) is 38.1 Å². The summed E-state index contributed by atoms with van der Waals surface area (Å²) in [5.74, 6) is 2.33. The molecular formula is C21H26ClNO3. The summed E-state index contributed by atoms with van der Waals surface area (Å²) in [7, 11) is 1.67. The van der Waals surface area contributed by atoms with E-state index in [-0.39, 0.29) is 12.1 Å². The van der Waals surface area contributed by atoms with Crippen LogP contribution >= 0.6 is 11.6 Å². The van der Waals surface area contributed by atoms with Crippen molar-refractivity contribution in [1.82, 2.24) is 5.32 Å². The zero-order chi connectivity index (χ0) is 18.5. The average molecular weight is 376 g/mol. The third-order valence-corrected chi connectivity index (χ3v) is 4.70. The monoisotopic (exact) mass is 375 g/mol. The minimum Gasteiger partial charge on any atom is -0.493 e. The van der Waals surface area contributed by atoms with Gasteiger partial charge in [0.2, 0.25) is 0 Å². The number of ether oxygens (including phenoxy) is 3. The molecule has 1 aliphatic rings. The van der Waals surface area contributed by atoms with E-state index in [2.05, 4.69) is 17.4 Å². The molecule has 0 fully saturated rings. The molecule has 0 radical (unpaired) electrons. The number of halogens is 1. The van der Waals surface area contributed by atoms with Gasteiger partial charge < -0.3 is 19.5 Å². The van der Waals surface area contributed by atoms with E-state index in [4.69, 9.17) is 25.8 Å². The Balaban J connectivity index is 1.74. The van der Waals surface area contributed by atoms with Gasteiger partial charge in [-0.2, -0.15) is 0 Å². The van der Waals surface area contributed by atoms with Crippen LogP contribution in [0.2, 0.25) is 5.02 Å². The van der Waals surface area contributed by atoms with Crippen molar-refractivity contribution >= 4 is 11.6 Å². The summed E-state index contributed by atoms with van der Waals surface area (Å²) in [4.78, 5) is 0. The number of methoxy groups -OCH3 is 1. The summed E-state index contributed by atoms with van der Waals surface area (Å²) in [6, 6.07) is 12.2. The van der Waals surface area contributed by atoms with Crippen molar-refractivity contribution in [2.24, 2.45) is 0 Å². The molecule has 2 aromatic carbocycles. The molecule has 2 aromatic rings. The van der Waals surface area contributed by atoms with Crippen molar-refractivity contribution in [2.75, 3.05) is 13.7 Å². The summed E-state index contributed by atoms with van der Waals surface area (Å²) in [6.07, 6.45) is 2.12. The molecule has 0 saturated heterocycles. The fourth-order valence-corrected chi connectivity index (χ4v) is 3.43. The van der Waals surface area contributed by atoms with Crippen LogP contribution in [0.25, 0.3) is 0 Å². The summed E-state index contributed by atoms with van der Waals surface area (Å²) in [5, 5.41) is 4.31. The SMILES string of the molecule is COc1cc(CNC2CCCOc3c(Cl)cccc32)ccc1OC(C)C. The fraction of sp³-hybridized carbons (Fsp3) is 0.429. The fourth-order valence-electron chi connectivity index (χ4n) is 3.20. The first-order valence-corrected chi connectivity index (χ1v) is 9.44. The molecule has 0 aliphatic carbocycles. The molecule has 0 saturated carbocycles. The van der Waals surface area contributed by atoms with Crippen LogP contribution in [0, 0.1) is 0 Å². The van der Waals surface area contributed by atoms with Gasteiger partial charge in [0.25, 0.3) is 0 Å². The molecule has 1 N–H and O–H groups in total. The van der Waals surface area contributed by atoms with E-state index < -0.39 is 0 Å². The van der Waals surface area contributed by atoms with Crippen molar-refractivity contribution in [3.8, 4) is 17.2 Å². The number of fused-ring (bicyclic) bond motifs is 1. The highest BCUT2D eigenvalue weighted by molar-refractivity contribution is 6.32. The number of hydrogen-bond donors (Lipinski definition) is 1. The van der Waals surface area contributed by atoms with Crippen LogP contribution in [-0.4, -0.2) is 19.8 Å². The van der Waals surface area contributed by atoms with E-state index in [0.717, 1.165) is 47.8 Å². The van der Waals surface area contributed by atoms with Gasteiger partial charge in [0.05, 0.1) is 24.8 Å². The molecule has 1 atom stereocenters. The third kappa shape index (κ3) is 4.43. The number of nitrogens with one attached hydrogen (secondary N) is 1. The Kier molecular flexibility index (Phi) is 6.28. The molecule has 1 unspecified atom stereocenters. The minimum absolute atomic E-state index is 0.111. The van der Waals surface area contributed by atoms with Gasteiger partial charge in [-0.25, -0.2) is 0 Å². The number of rotatable bonds is 6. The van der Waals surface area contributed by atoms with Crippen LogP contribution in [0.3, 0.4) is 0 Å². The Labute approximate surface area is 160 Å². The van der Waals surface area contributed by atoms with Crippen molar-refractivity contribution < 1.29 is 14.2 Å². The maximum absolute atomic E-state index is 6.31. The van der Waals surface area contributed by atoms with Crippen LogP contribution < -0.4 is 19.5 Å². The van der Waals surface area contributed by atoms with Crippen molar-refractivity contribution in [1.29, 1.82) is 0 Å². The zero-order valence-electron chi connectivity index (χ0n) is 15.5. The van der Waals surface area contributed by atoms with Gasteiger partial charge in [0.1, 0.15) is 5.75 Å². The molecule has 0 spiro atoms. The maximum atomic E-state index is 6.31. The molecule has 0 amide bonds. The van der Waals surface area contributed by atoms with Crippen molar-refractivity contribution in [3.63, 3.8) is 0 Å². The number of benzene rings is 2. The van der Waals surface area contributed by atoms with Gasteiger partial charge in [-0.05, 0) is 50.5 Å². The Morgan fingerprint density at radius 2 is 2.08 bits per heavy atom. The normalized spacial score (nSPS) is 16.6.